The van der Waals surface area contributed by atoms with E-state index in [1.165, 1.54) is 0 Å². The molecule has 0 saturated carbocycles. The van der Waals surface area contributed by atoms with Crippen molar-refractivity contribution in [1.82, 2.24) is 4.98 Å². The number of fused-ring (bicyclic) bond motifs is 1. The zero-order valence-electron chi connectivity index (χ0n) is 10.0. The van der Waals surface area contributed by atoms with Gasteiger partial charge in [0.2, 0.25) is 0 Å². The van der Waals surface area contributed by atoms with Crippen LogP contribution in [0.25, 0.3) is 0 Å². The van der Waals surface area contributed by atoms with Gasteiger partial charge in [-0.15, -0.1) is 0 Å². The highest BCUT2D eigenvalue weighted by Crippen LogP contribution is 2.32. The van der Waals surface area contributed by atoms with E-state index in [9.17, 15) is 4.79 Å². The van der Waals surface area contributed by atoms with E-state index in [1.807, 2.05) is 36.4 Å². The van der Waals surface area contributed by atoms with Gasteiger partial charge in [0, 0.05) is 10.7 Å². The standard InChI is InChI=1S/C14H11BrN2O2/c15-11-6-12-14(16-7-11)17(13(18)9-19-12)8-10-4-2-1-3-5-10/h1-7H,8-9H2. The van der Waals surface area contributed by atoms with Crippen LogP contribution in [0.4, 0.5) is 5.82 Å². The molecular weight excluding hydrogens is 308 g/mol. The van der Waals surface area contributed by atoms with Gasteiger partial charge in [-0.3, -0.25) is 9.69 Å². The summed E-state index contributed by atoms with van der Waals surface area (Å²) >= 11 is 3.35. The fourth-order valence-corrected chi connectivity index (χ4v) is 2.30. The maximum atomic E-state index is 12.0. The highest BCUT2D eigenvalue weighted by atomic mass is 79.9. The van der Waals surface area contributed by atoms with E-state index in [4.69, 9.17) is 4.74 Å². The number of aromatic nitrogens is 1. The molecule has 0 unspecified atom stereocenters. The molecule has 4 nitrogen and oxygen atoms in total. The van der Waals surface area contributed by atoms with Crippen LogP contribution in [0.2, 0.25) is 0 Å². The molecule has 0 aliphatic carbocycles. The number of carbonyl (C=O) groups excluding carboxylic acids is 1. The van der Waals surface area contributed by atoms with Crippen LogP contribution in [0.15, 0.2) is 47.1 Å². The van der Waals surface area contributed by atoms with Crippen LogP contribution in [0.1, 0.15) is 5.56 Å². The van der Waals surface area contributed by atoms with Crippen LogP contribution in [-0.2, 0) is 11.3 Å². The second-order valence-electron chi connectivity index (χ2n) is 4.23. The average molecular weight is 319 g/mol. The summed E-state index contributed by atoms with van der Waals surface area (Å²) in [5.41, 5.74) is 1.06. The lowest BCUT2D eigenvalue weighted by molar-refractivity contribution is -0.121. The Labute approximate surface area is 119 Å². The summed E-state index contributed by atoms with van der Waals surface area (Å²) < 4.78 is 6.23. The molecule has 2 heterocycles. The fraction of sp³-hybridized carbons (Fsp3) is 0.143. The second-order valence-corrected chi connectivity index (χ2v) is 5.15. The van der Waals surface area contributed by atoms with Crippen molar-refractivity contribution < 1.29 is 9.53 Å². The zero-order valence-corrected chi connectivity index (χ0v) is 11.6. The molecule has 0 atom stereocenters. The highest BCUT2D eigenvalue weighted by molar-refractivity contribution is 9.10. The van der Waals surface area contributed by atoms with Crippen LogP contribution in [0.5, 0.6) is 5.75 Å². The minimum Gasteiger partial charge on any atom is -0.480 e. The van der Waals surface area contributed by atoms with Crippen molar-refractivity contribution in [2.24, 2.45) is 0 Å². The molecule has 2 aromatic rings. The van der Waals surface area contributed by atoms with Crippen LogP contribution in [-0.4, -0.2) is 17.5 Å². The predicted molar refractivity (Wildman–Crippen MR) is 75.1 cm³/mol. The van der Waals surface area contributed by atoms with Crippen molar-refractivity contribution in [3.05, 3.63) is 52.6 Å². The van der Waals surface area contributed by atoms with Crippen LogP contribution < -0.4 is 9.64 Å². The summed E-state index contributed by atoms with van der Waals surface area (Å²) in [5.74, 6) is 1.12. The van der Waals surface area contributed by atoms with Crippen molar-refractivity contribution in [1.29, 1.82) is 0 Å². The fourth-order valence-electron chi connectivity index (χ4n) is 1.99. The number of anilines is 1. The van der Waals surface area contributed by atoms with E-state index in [-0.39, 0.29) is 12.5 Å². The molecular formula is C14H11BrN2O2. The van der Waals surface area contributed by atoms with Gasteiger partial charge in [-0.1, -0.05) is 30.3 Å². The Kier molecular flexibility index (Phi) is 3.21. The zero-order chi connectivity index (χ0) is 13.2. The molecule has 0 spiro atoms. The molecule has 1 aliphatic heterocycles. The first-order chi connectivity index (χ1) is 9.24. The first-order valence-corrected chi connectivity index (χ1v) is 6.66. The number of halogens is 1. The van der Waals surface area contributed by atoms with Crippen LogP contribution >= 0.6 is 15.9 Å². The number of ether oxygens (including phenoxy) is 1. The normalized spacial score (nSPS) is 13.9. The van der Waals surface area contributed by atoms with Gasteiger partial charge in [-0.25, -0.2) is 4.98 Å². The van der Waals surface area contributed by atoms with Crippen molar-refractivity contribution >= 4 is 27.7 Å². The topological polar surface area (TPSA) is 42.4 Å². The monoisotopic (exact) mass is 318 g/mol. The van der Waals surface area contributed by atoms with Crippen molar-refractivity contribution in [2.45, 2.75) is 6.54 Å². The molecule has 1 aromatic heterocycles. The minimum atomic E-state index is -0.0776. The van der Waals surface area contributed by atoms with Gasteiger partial charge in [0.15, 0.2) is 18.2 Å². The second kappa shape index (κ2) is 5.01. The quantitative estimate of drug-likeness (QED) is 0.855. The third kappa shape index (κ3) is 2.46. The van der Waals surface area contributed by atoms with Crippen molar-refractivity contribution in [2.75, 3.05) is 11.5 Å². The first kappa shape index (κ1) is 12.2. The van der Waals surface area contributed by atoms with Gasteiger partial charge in [-0.2, -0.15) is 0 Å². The number of nitrogens with zero attached hydrogens (tertiary/aromatic N) is 2. The average Bonchev–Trinajstić information content (AvgIpc) is 2.43. The van der Waals surface area contributed by atoms with Gasteiger partial charge in [0.05, 0.1) is 6.54 Å². The lowest BCUT2D eigenvalue weighted by Crippen LogP contribution is -2.38. The van der Waals surface area contributed by atoms with E-state index in [1.54, 1.807) is 11.1 Å². The summed E-state index contributed by atoms with van der Waals surface area (Å²) in [6.07, 6.45) is 1.67. The summed E-state index contributed by atoms with van der Waals surface area (Å²) in [6.45, 7) is 0.558. The third-order valence-corrected chi connectivity index (χ3v) is 3.32. The Balaban J connectivity index is 1.95. The molecule has 19 heavy (non-hydrogen) atoms. The summed E-state index contributed by atoms with van der Waals surface area (Å²) in [4.78, 5) is 17.9. The Morgan fingerprint density at radius 2 is 2.11 bits per heavy atom. The molecule has 1 aliphatic rings. The highest BCUT2D eigenvalue weighted by Gasteiger charge is 2.27. The summed E-state index contributed by atoms with van der Waals surface area (Å²) in [5, 5.41) is 0. The van der Waals surface area contributed by atoms with E-state index in [0.717, 1.165) is 10.0 Å². The van der Waals surface area contributed by atoms with Gasteiger partial charge in [-0.05, 0) is 27.6 Å². The predicted octanol–water partition coefficient (Wildman–Crippen LogP) is 2.77. The smallest absolute Gasteiger partial charge is 0.266 e. The maximum Gasteiger partial charge on any atom is 0.266 e. The van der Waals surface area contributed by atoms with Crippen molar-refractivity contribution in [3.63, 3.8) is 0 Å². The number of hydrogen-bond acceptors (Lipinski definition) is 3. The number of amides is 1. The Hall–Kier alpha value is -1.88. The van der Waals surface area contributed by atoms with Gasteiger partial charge >= 0.3 is 0 Å². The summed E-state index contributed by atoms with van der Waals surface area (Å²) in [6, 6.07) is 11.7. The maximum absolute atomic E-state index is 12.0. The minimum absolute atomic E-state index is 0.0535. The van der Waals surface area contributed by atoms with Gasteiger partial charge < -0.3 is 4.74 Å². The Morgan fingerprint density at radius 1 is 1.32 bits per heavy atom. The lowest BCUT2D eigenvalue weighted by Gasteiger charge is -2.28. The molecule has 0 bridgehead atoms. The lowest BCUT2D eigenvalue weighted by atomic mass is 10.2. The number of hydrogen-bond donors (Lipinski definition) is 0. The molecule has 0 fully saturated rings. The first-order valence-electron chi connectivity index (χ1n) is 5.86. The van der Waals surface area contributed by atoms with E-state index >= 15 is 0 Å². The molecule has 1 aromatic carbocycles. The third-order valence-electron chi connectivity index (χ3n) is 2.89. The molecule has 0 saturated heterocycles. The Bertz CT molecular complexity index is 616. The molecule has 96 valence electrons. The van der Waals surface area contributed by atoms with E-state index < -0.39 is 0 Å². The molecule has 3 rings (SSSR count). The molecule has 5 heteroatoms. The number of pyridine rings is 1. The summed E-state index contributed by atoms with van der Waals surface area (Å²) in [7, 11) is 0. The SMILES string of the molecule is O=C1COc2cc(Br)cnc2N1Cc1ccccc1. The largest absolute Gasteiger partial charge is 0.480 e. The van der Waals surface area contributed by atoms with E-state index in [0.29, 0.717) is 18.1 Å². The molecule has 1 amide bonds. The van der Waals surface area contributed by atoms with Gasteiger partial charge in [0.25, 0.3) is 5.91 Å². The Morgan fingerprint density at radius 3 is 2.89 bits per heavy atom. The number of carbonyl (C=O) groups is 1. The van der Waals surface area contributed by atoms with E-state index in [2.05, 4.69) is 20.9 Å². The number of benzene rings is 1. The molecule has 0 radical (unpaired) electrons. The molecule has 0 N–H and O–H groups in total. The van der Waals surface area contributed by atoms with Crippen LogP contribution in [0, 0.1) is 0 Å². The van der Waals surface area contributed by atoms with Crippen molar-refractivity contribution in [3.8, 4) is 5.75 Å². The number of rotatable bonds is 2. The van der Waals surface area contributed by atoms with Crippen LogP contribution in [0.3, 0.4) is 0 Å². The van der Waals surface area contributed by atoms with Gasteiger partial charge in [0.1, 0.15) is 0 Å².